The summed E-state index contributed by atoms with van der Waals surface area (Å²) in [4.78, 5) is 6.92. The number of aliphatic imine (C=N–C) groups is 1. The van der Waals surface area contributed by atoms with Crippen LogP contribution in [0.25, 0.3) is 0 Å². The Kier molecular flexibility index (Phi) is 7.90. The molecule has 2 rings (SSSR count). The summed E-state index contributed by atoms with van der Waals surface area (Å²) in [6.07, 6.45) is 3.34. The minimum absolute atomic E-state index is 0.0789. The van der Waals surface area contributed by atoms with E-state index in [1.807, 2.05) is 6.92 Å². The number of nitrogens with zero attached hydrogens (tertiary/aromatic N) is 2. The second kappa shape index (κ2) is 9.92. The maximum absolute atomic E-state index is 11.3. The van der Waals surface area contributed by atoms with Gasteiger partial charge in [0.25, 0.3) is 0 Å². The van der Waals surface area contributed by atoms with Gasteiger partial charge in [-0.05, 0) is 32.3 Å². The molecule has 1 aliphatic heterocycles. The first-order valence-corrected chi connectivity index (χ1v) is 11.4. The van der Waals surface area contributed by atoms with Crippen LogP contribution in [-0.4, -0.2) is 63.0 Å². The highest BCUT2D eigenvalue weighted by Gasteiger charge is 2.25. The zero-order chi connectivity index (χ0) is 19.0. The summed E-state index contributed by atoms with van der Waals surface area (Å²) in [5.74, 6) is 0.792. The number of sulfone groups is 1. The number of nitrogens with one attached hydrogen (secondary N) is 2. The number of guanidine groups is 1. The van der Waals surface area contributed by atoms with Crippen LogP contribution in [0.15, 0.2) is 35.3 Å². The summed E-state index contributed by atoms with van der Waals surface area (Å²) in [6.45, 7) is 7.35. The van der Waals surface area contributed by atoms with Crippen molar-refractivity contribution in [3.8, 4) is 0 Å². The van der Waals surface area contributed by atoms with Crippen molar-refractivity contribution in [2.45, 2.75) is 45.3 Å². The summed E-state index contributed by atoms with van der Waals surface area (Å²) in [6, 6.07) is 11.4. The van der Waals surface area contributed by atoms with Crippen molar-refractivity contribution in [3.05, 3.63) is 35.9 Å². The van der Waals surface area contributed by atoms with Gasteiger partial charge in [-0.25, -0.2) is 8.42 Å². The van der Waals surface area contributed by atoms with Gasteiger partial charge in [-0.3, -0.25) is 9.89 Å². The van der Waals surface area contributed by atoms with Gasteiger partial charge in [-0.2, -0.15) is 0 Å². The molecule has 1 aromatic rings. The molecule has 1 aromatic carbocycles. The SMILES string of the molecule is CCNC(=NCCS(C)(=O)=O)NC1CCN(Cc2ccccc2)C(C)C1. The van der Waals surface area contributed by atoms with Crippen LogP contribution in [0.4, 0.5) is 0 Å². The van der Waals surface area contributed by atoms with E-state index in [1.165, 1.54) is 11.8 Å². The molecular formula is C19H32N4O2S. The van der Waals surface area contributed by atoms with Gasteiger partial charge < -0.3 is 10.6 Å². The first kappa shape index (κ1) is 20.7. The van der Waals surface area contributed by atoms with E-state index in [0.29, 0.717) is 18.0 Å². The van der Waals surface area contributed by atoms with Crippen molar-refractivity contribution in [2.24, 2.45) is 4.99 Å². The molecule has 0 spiro atoms. The third kappa shape index (κ3) is 7.33. The van der Waals surface area contributed by atoms with E-state index >= 15 is 0 Å². The minimum atomic E-state index is -2.98. The predicted molar refractivity (Wildman–Crippen MR) is 108 cm³/mol. The highest BCUT2D eigenvalue weighted by molar-refractivity contribution is 7.90. The summed E-state index contributed by atoms with van der Waals surface area (Å²) in [5.41, 5.74) is 1.35. The zero-order valence-electron chi connectivity index (χ0n) is 16.1. The molecule has 2 atom stereocenters. The molecule has 26 heavy (non-hydrogen) atoms. The monoisotopic (exact) mass is 380 g/mol. The van der Waals surface area contributed by atoms with Crippen LogP contribution < -0.4 is 10.6 Å². The fourth-order valence-corrected chi connectivity index (χ4v) is 3.66. The fraction of sp³-hybridized carbons (Fsp3) is 0.632. The molecule has 1 fully saturated rings. The second-order valence-corrected chi connectivity index (χ2v) is 9.32. The normalized spacial score (nSPS) is 22.2. The van der Waals surface area contributed by atoms with Crippen molar-refractivity contribution < 1.29 is 8.42 Å². The molecule has 2 unspecified atom stereocenters. The Bertz CT molecular complexity index is 676. The van der Waals surface area contributed by atoms with E-state index in [9.17, 15) is 8.42 Å². The highest BCUT2D eigenvalue weighted by Crippen LogP contribution is 2.19. The second-order valence-electron chi connectivity index (χ2n) is 7.06. The van der Waals surface area contributed by atoms with Gasteiger partial charge >= 0.3 is 0 Å². The average Bonchev–Trinajstić information content (AvgIpc) is 2.57. The van der Waals surface area contributed by atoms with Crippen LogP contribution in [0.1, 0.15) is 32.3 Å². The van der Waals surface area contributed by atoms with Crippen molar-refractivity contribution >= 4 is 15.8 Å². The number of piperidine rings is 1. The average molecular weight is 381 g/mol. The van der Waals surface area contributed by atoms with E-state index in [1.54, 1.807) is 0 Å². The molecule has 0 aliphatic carbocycles. The van der Waals surface area contributed by atoms with Gasteiger partial charge in [-0.1, -0.05) is 30.3 Å². The maximum atomic E-state index is 11.3. The van der Waals surface area contributed by atoms with Crippen LogP contribution >= 0.6 is 0 Å². The van der Waals surface area contributed by atoms with Crippen LogP contribution in [0.5, 0.6) is 0 Å². The Balaban J connectivity index is 1.86. The van der Waals surface area contributed by atoms with Crippen molar-refractivity contribution in [1.29, 1.82) is 0 Å². The largest absolute Gasteiger partial charge is 0.357 e. The maximum Gasteiger partial charge on any atom is 0.191 e. The summed E-state index contributed by atoms with van der Waals surface area (Å²) < 4.78 is 22.5. The Morgan fingerprint density at radius 3 is 2.65 bits per heavy atom. The quantitative estimate of drug-likeness (QED) is 0.556. The Morgan fingerprint density at radius 2 is 2.04 bits per heavy atom. The standard InChI is InChI=1S/C19H32N4O2S/c1-4-20-19(21-11-13-26(3,24)25)22-18-10-12-23(16(2)14-18)15-17-8-6-5-7-9-17/h5-9,16,18H,4,10-15H2,1-3H3,(H2,20,21,22). The van der Waals surface area contributed by atoms with Crippen molar-refractivity contribution in [1.82, 2.24) is 15.5 Å². The highest BCUT2D eigenvalue weighted by atomic mass is 32.2. The third-order valence-corrected chi connectivity index (χ3v) is 5.58. The molecule has 0 amide bonds. The molecular weight excluding hydrogens is 348 g/mol. The summed E-state index contributed by atoms with van der Waals surface area (Å²) in [5, 5.41) is 6.69. The van der Waals surface area contributed by atoms with Gasteiger partial charge in [0.15, 0.2) is 5.96 Å². The molecule has 1 aliphatic rings. The summed E-state index contributed by atoms with van der Waals surface area (Å²) >= 11 is 0. The fourth-order valence-electron chi connectivity index (χ4n) is 3.24. The van der Waals surface area contributed by atoms with E-state index in [0.717, 1.165) is 32.5 Å². The number of likely N-dealkylation sites (tertiary alicyclic amines) is 1. The number of rotatable bonds is 7. The van der Waals surface area contributed by atoms with Gasteiger partial charge in [0.2, 0.25) is 0 Å². The van der Waals surface area contributed by atoms with E-state index in [-0.39, 0.29) is 12.3 Å². The lowest BCUT2D eigenvalue weighted by molar-refractivity contribution is 0.134. The lowest BCUT2D eigenvalue weighted by Gasteiger charge is -2.38. The lowest BCUT2D eigenvalue weighted by Crippen LogP contribution is -2.51. The first-order valence-electron chi connectivity index (χ1n) is 9.38. The molecule has 146 valence electrons. The van der Waals surface area contributed by atoms with Crippen LogP contribution in [0.2, 0.25) is 0 Å². The Morgan fingerprint density at radius 1 is 1.31 bits per heavy atom. The number of benzene rings is 1. The molecule has 1 heterocycles. The van der Waals surface area contributed by atoms with Gasteiger partial charge in [0.05, 0.1) is 12.3 Å². The molecule has 2 N–H and O–H groups in total. The molecule has 0 radical (unpaired) electrons. The lowest BCUT2D eigenvalue weighted by atomic mass is 9.97. The number of hydrogen-bond acceptors (Lipinski definition) is 4. The number of hydrogen-bond donors (Lipinski definition) is 2. The summed E-state index contributed by atoms with van der Waals surface area (Å²) in [7, 11) is -2.98. The van der Waals surface area contributed by atoms with Gasteiger partial charge in [-0.15, -0.1) is 0 Å². The Labute approximate surface area is 158 Å². The molecule has 6 nitrogen and oxygen atoms in total. The smallest absolute Gasteiger partial charge is 0.191 e. The van der Waals surface area contributed by atoms with Gasteiger partial charge in [0.1, 0.15) is 9.84 Å². The first-order chi connectivity index (χ1) is 12.4. The minimum Gasteiger partial charge on any atom is -0.357 e. The van der Waals surface area contributed by atoms with Crippen LogP contribution in [0, 0.1) is 0 Å². The molecule has 0 bridgehead atoms. The van der Waals surface area contributed by atoms with Crippen molar-refractivity contribution in [3.63, 3.8) is 0 Å². The molecule has 1 saturated heterocycles. The van der Waals surface area contributed by atoms with E-state index in [4.69, 9.17) is 0 Å². The van der Waals surface area contributed by atoms with E-state index < -0.39 is 9.84 Å². The zero-order valence-corrected chi connectivity index (χ0v) is 16.9. The predicted octanol–water partition coefficient (Wildman–Crippen LogP) is 1.64. The van der Waals surface area contributed by atoms with Crippen molar-refractivity contribution in [2.75, 3.05) is 31.6 Å². The van der Waals surface area contributed by atoms with E-state index in [2.05, 4.69) is 57.8 Å². The Hall–Kier alpha value is -1.60. The van der Waals surface area contributed by atoms with Crippen LogP contribution in [0.3, 0.4) is 0 Å². The third-order valence-electron chi connectivity index (χ3n) is 4.66. The molecule has 7 heteroatoms. The van der Waals surface area contributed by atoms with Gasteiger partial charge in [0, 0.05) is 38.0 Å². The topological polar surface area (TPSA) is 73.8 Å². The molecule has 0 saturated carbocycles. The van der Waals surface area contributed by atoms with Crippen LogP contribution in [-0.2, 0) is 16.4 Å². The molecule has 0 aromatic heterocycles.